The van der Waals surface area contributed by atoms with E-state index in [2.05, 4.69) is 32.9 Å². The molecule has 0 spiro atoms. The molecule has 0 radical (unpaired) electrons. The van der Waals surface area contributed by atoms with Gasteiger partial charge >= 0.3 is 0 Å². The van der Waals surface area contributed by atoms with Gasteiger partial charge in [-0.15, -0.1) is 0 Å². The third-order valence-corrected chi connectivity index (χ3v) is 3.30. The van der Waals surface area contributed by atoms with Crippen LogP contribution >= 0.6 is 0 Å². The normalized spacial score (nSPS) is 23.8. The van der Waals surface area contributed by atoms with Crippen LogP contribution in [0.3, 0.4) is 0 Å². The zero-order valence-corrected chi connectivity index (χ0v) is 10.2. The number of rotatable bonds is 1. The van der Waals surface area contributed by atoms with Gasteiger partial charge in [0.05, 0.1) is 0 Å². The number of Topliss-reactive ketones (excluding diaryl/α,β-unsaturated/α-hetero) is 1. The Morgan fingerprint density at radius 3 is 2.69 bits per heavy atom. The molecule has 1 aromatic rings. The third kappa shape index (κ3) is 1.82. The Labute approximate surface area is 97.2 Å². The second-order valence-electron chi connectivity index (χ2n) is 5.13. The number of carbonyl (C=O) groups excluding carboxylic acids is 1. The first kappa shape index (κ1) is 11.1. The van der Waals surface area contributed by atoms with E-state index in [0.29, 0.717) is 0 Å². The molecule has 0 aromatic heterocycles. The lowest BCUT2D eigenvalue weighted by atomic mass is 9.71. The van der Waals surface area contributed by atoms with Gasteiger partial charge < -0.3 is 0 Å². The maximum Gasteiger partial charge on any atom is 0.172 e. The van der Waals surface area contributed by atoms with Crippen molar-refractivity contribution in [2.24, 2.45) is 5.41 Å². The molecule has 1 nitrogen and oxygen atoms in total. The van der Waals surface area contributed by atoms with Crippen molar-refractivity contribution in [2.45, 2.75) is 33.6 Å². The molecule has 0 amide bonds. The van der Waals surface area contributed by atoms with Crippen molar-refractivity contribution >= 4 is 5.78 Å². The Hall–Kier alpha value is -1.37. The zero-order valence-electron chi connectivity index (χ0n) is 10.2. The molecule has 0 aliphatic heterocycles. The van der Waals surface area contributed by atoms with Gasteiger partial charge in [0.1, 0.15) is 0 Å². The van der Waals surface area contributed by atoms with Crippen LogP contribution < -0.4 is 0 Å². The SMILES string of the molecule is CC(C)=CC1(C)CCc2ccccc2C1=O. The molecule has 0 saturated carbocycles. The minimum atomic E-state index is -0.298. The van der Waals surface area contributed by atoms with Gasteiger partial charge in [-0.25, -0.2) is 0 Å². The summed E-state index contributed by atoms with van der Waals surface area (Å²) in [5.74, 6) is 0.274. The average molecular weight is 214 g/mol. The standard InChI is InChI=1S/C15H18O/c1-11(2)10-15(3)9-8-12-6-4-5-7-13(12)14(15)16/h4-7,10H,8-9H2,1-3H3. The quantitative estimate of drug-likeness (QED) is 0.650. The molecule has 1 atom stereocenters. The van der Waals surface area contributed by atoms with Gasteiger partial charge in [-0.2, -0.15) is 0 Å². The topological polar surface area (TPSA) is 17.1 Å². The molecular weight excluding hydrogens is 196 g/mol. The maximum atomic E-state index is 12.4. The van der Waals surface area contributed by atoms with Gasteiger partial charge in [-0.1, -0.05) is 35.9 Å². The molecular formula is C15H18O. The Kier molecular flexibility index (Phi) is 2.71. The van der Waals surface area contributed by atoms with Crippen LogP contribution in [-0.4, -0.2) is 5.78 Å². The minimum absolute atomic E-state index is 0.274. The van der Waals surface area contributed by atoms with Crippen molar-refractivity contribution in [1.82, 2.24) is 0 Å². The molecule has 0 heterocycles. The largest absolute Gasteiger partial charge is 0.293 e. The van der Waals surface area contributed by atoms with Crippen molar-refractivity contribution in [3.63, 3.8) is 0 Å². The molecule has 1 aromatic carbocycles. The van der Waals surface area contributed by atoms with Crippen LogP contribution in [0.15, 0.2) is 35.9 Å². The second kappa shape index (κ2) is 3.89. The molecule has 1 aliphatic carbocycles. The lowest BCUT2D eigenvalue weighted by Crippen LogP contribution is -2.31. The summed E-state index contributed by atoms with van der Waals surface area (Å²) in [6.45, 7) is 6.16. The van der Waals surface area contributed by atoms with E-state index >= 15 is 0 Å². The van der Waals surface area contributed by atoms with Gasteiger partial charge in [0, 0.05) is 11.0 Å². The van der Waals surface area contributed by atoms with E-state index in [-0.39, 0.29) is 11.2 Å². The summed E-state index contributed by atoms with van der Waals surface area (Å²) in [4.78, 5) is 12.4. The number of ketones is 1. The molecule has 84 valence electrons. The van der Waals surface area contributed by atoms with Crippen LogP contribution in [-0.2, 0) is 6.42 Å². The van der Waals surface area contributed by atoms with Crippen molar-refractivity contribution in [2.75, 3.05) is 0 Å². The van der Waals surface area contributed by atoms with Crippen LogP contribution in [0.1, 0.15) is 43.1 Å². The van der Waals surface area contributed by atoms with Gasteiger partial charge in [0.15, 0.2) is 5.78 Å². The summed E-state index contributed by atoms with van der Waals surface area (Å²) in [6, 6.07) is 7.98. The summed E-state index contributed by atoms with van der Waals surface area (Å²) >= 11 is 0. The van der Waals surface area contributed by atoms with Gasteiger partial charge in [-0.3, -0.25) is 4.79 Å². The summed E-state index contributed by atoms with van der Waals surface area (Å²) < 4.78 is 0. The van der Waals surface area contributed by atoms with E-state index in [1.165, 1.54) is 11.1 Å². The average Bonchev–Trinajstić information content (AvgIpc) is 2.24. The molecule has 0 saturated heterocycles. The Balaban J connectivity index is 2.45. The fourth-order valence-electron chi connectivity index (χ4n) is 2.55. The van der Waals surface area contributed by atoms with E-state index in [1.54, 1.807) is 0 Å². The van der Waals surface area contributed by atoms with Crippen LogP contribution in [0.4, 0.5) is 0 Å². The number of fused-ring (bicyclic) bond motifs is 1. The van der Waals surface area contributed by atoms with E-state index in [9.17, 15) is 4.79 Å². The highest BCUT2D eigenvalue weighted by Gasteiger charge is 2.36. The van der Waals surface area contributed by atoms with E-state index in [1.807, 2.05) is 18.2 Å². The first-order valence-electron chi connectivity index (χ1n) is 5.82. The second-order valence-corrected chi connectivity index (χ2v) is 5.13. The summed E-state index contributed by atoms with van der Waals surface area (Å²) in [6.07, 6.45) is 4.04. The molecule has 0 fully saturated rings. The first-order valence-corrected chi connectivity index (χ1v) is 5.82. The molecule has 1 unspecified atom stereocenters. The lowest BCUT2D eigenvalue weighted by Gasteiger charge is -2.31. The maximum absolute atomic E-state index is 12.4. The highest BCUT2D eigenvalue weighted by Crippen LogP contribution is 2.36. The zero-order chi connectivity index (χ0) is 11.8. The van der Waals surface area contributed by atoms with Crippen molar-refractivity contribution < 1.29 is 4.79 Å². The molecule has 0 bridgehead atoms. The summed E-state index contributed by atoms with van der Waals surface area (Å²) in [5.41, 5.74) is 3.03. The summed E-state index contributed by atoms with van der Waals surface area (Å²) in [5, 5.41) is 0. The molecule has 1 aliphatic rings. The number of benzene rings is 1. The molecule has 0 N–H and O–H groups in total. The van der Waals surface area contributed by atoms with Crippen molar-refractivity contribution in [1.29, 1.82) is 0 Å². The van der Waals surface area contributed by atoms with Crippen molar-refractivity contribution in [3.05, 3.63) is 47.0 Å². The first-order chi connectivity index (χ1) is 7.53. The van der Waals surface area contributed by atoms with E-state index in [0.717, 1.165) is 18.4 Å². The number of hydrogen-bond donors (Lipinski definition) is 0. The minimum Gasteiger partial charge on any atom is -0.293 e. The van der Waals surface area contributed by atoms with Crippen molar-refractivity contribution in [3.8, 4) is 0 Å². The smallest absolute Gasteiger partial charge is 0.172 e. The summed E-state index contributed by atoms with van der Waals surface area (Å²) in [7, 11) is 0. The highest BCUT2D eigenvalue weighted by atomic mass is 16.1. The predicted molar refractivity (Wildman–Crippen MR) is 66.6 cm³/mol. The van der Waals surface area contributed by atoms with Gasteiger partial charge in [0.25, 0.3) is 0 Å². The molecule has 1 heteroatoms. The van der Waals surface area contributed by atoms with Crippen LogP contribution in [0.2, 0.25) is 0 Å². The fraction of sp³-hybridized carbons (Fsp3) is 0.400. The van der Waals surface area contributed by atoms with Crippen LogP contribution in [0.5, 0.6) is 0 Å². The van der Waals surface area contributed by atoms with Crippen LogP contribution in [0.25, 0.3) is 0 Å². The van der Waals surface area contributed by atoms with Crippen LogP contribution in [0, 0.1) is 5.41 Å². The lowest BCUT2D eigenvalue weighted by molar-refractivity contribution is 0.0845. The Morgan fingerprint density at radius 1 is 1.31 bits per heavy atom. The Morgan fingerprint density at radius 2 is 2.00 bits per heavy atom. The number of aryl methyl sites for hydroxylation is 1. The fourth-order valence-corrected chi connectivity index (χ4v) is 2.55. The number of allylic oxidation sites excluding steroid dienone is 2. The van der Waals surface area contributed by atoms with Gasteiger partial charge in [0.2, 0.25) is 0 Å². The molecule has 2 rings (SSSR count). The van der Waals surface area contributed by atoms with Gasteiger partial charge in [-0.05, 0) is 39.2 Å². The van der Waals surface area contributed by atoms with E-state index < -0.39 is 0 Å². The Bertz CT molecular complexity index is 452. The number of hydrogen-bond acceptors (Lipinski definition) is 1. The molecule has 16 heavy (non-hydrogen) atoms. The third-order valence-electron chi connectivity index (χ3n) is 3.30. The monoisotopic (exact) mass is 214 g/mol. The highest BCUT2D eigenvalue weighted by molar-refractivity contribution is 6.03. The predicted octanol–water partition coefficient (Wildman–Crippen LogP) is 3.79. The number of carbonyl (C=O) groups is 1. The van der Waals surface area contributed by atoms with E-state index in [4.69, 9.17) is 0 Å².